The lowest BCUT2D eigenvalue weighted by Crippen LogP contribution is -2.18. The van der Waals surface area contributed by atoms with Crippen molar-refractivity contribution < 1.29 is 14.0 Å². The second-order valence-corrected chi connectivity index (χ2v) is 6.45. The average molecular weight is 343 g/mol. The highest BCUT2D eigenvalue weighted by Gasteiger charge is 2.14. The molecule has 0 amide bonds. The minimum absolute atomic E-state index is 0.589. The summed E-state index contributed by atoms with van der Waals surface area (Å²) in [5.41, 5.74) is 2.14. The van der Waals surface area contributed by atoms with Gasteiger partial charge in [-0.05, 0) is 36.2 Å². The fraction of sp³-hybridized carbons (Fsp3) is 0.294. The van der Waals surface area contributed by atoms with Crippen molar-refractivity contribution in [2.45, 2.75) is 13.1 Å². The van der Waals surface area contributed by atoms with Gasteiger partial charge in [0.05, 0.1) is 6.54 Å². The van der Waals surface area contributed by atoms with Gasteiger partial charge in [0.1, 0.15) is 13.2 Å². The van der Waals surface area contributed by atoms with Gasteiger partial charge in [-0.25, -0.2) is 0 Å². The molecule has 0 bridgehead atoms. The van der Waals surface area contributed by atoms with E-state index in [1.807, 2.05) is 36.0 Å². The summed E-state index contributed by atoms with van der Waals surface area (Å²) >= 11 is 1.62. The number of benzene rings is 1. The molecular weight excluding hydrogens is 326 g/mol. The van der Waals surface area contributed by atoms with Gasteiger partial charge in [0, 0.05) is 17.5 Å². The van der Waals surface area contributed by atoms with E-state index in [0.29, 0.717) is 31.5 Å². The summed E-state index contributed by atoms with van der Waals surface area (Å²) in [6, 6.07) is 8.02. The molecule has 3 heterocycles. The Morgan fingerprint density at radius 2 is 2.00 bits per heavy atom. The van der Waals surface area contributed by atoms with Gasteiger partial charge in [-0.2, -0.15) is 16.3 Å². The molecular formula is C17H17N3O3S. The Labute approximate surface area is 143 Å². The summed E-state index contributed by atoms with van der Waals surface area (Å²) in [6.07, 6.45) is 0. The van der Waals surface area contributed by atoms with Gasteiger partial charge < -0.3 is 14.0 Å². The van der Waals surface area contributed by atoms with Gasteiger partial charge in [-0.1, -0.05) is 11.2 Å². The zero-order valence-corrected chi connectivity index (χ0v) is 14.1. The first-order valence-corrected chi connectivity index (χ1v) is 8.64. The lowest BCUT2D eigenvalue weighted by Gasteiger charge is -2.20. The van der Waals surface area contributed by atoms with Gasteiger partial charge in [0.15, 0.2) is 11.5 Å². The van der Waals surface area contributed by atoms with Crippen molar-refractivity contribution in [3.8, 4) is 22.9 Å². The average Bonchev–Trinajstić information content (AvgIpc) is 3.26. The Balaban J connectivity index is 1.41. The third-order valence-corrected chi connectivity index (χ3v) is 4.39. The molecule has 0 N–H and O–H groups in total. The van der Waals surface area contributed by atoms with Gasteiger partial charge in [0.25, 0.3) is 0 Å². The third kappa shape index (κ3) is 3.27. The molecule has 0 radical (unpaired) electrons. The van der Waals surface area contributed by atoms with Crippen molar-refractivity contribution in [3.63, 3.8) is 0 Å². The minimum atomic E-state index is 0.589. The predicted molar refractivity (Wildman–Crippen MR) is 90.2 cm³/mol. The Morgan fingerprint density at radius 1 is 1.12 bits per heavy atom. The highest BCUT2D eigenvalue weighted by atomic mass is 32.1. The Bertz CT molecular complexity index is 816. The van der Waals surface area contributed by atoms with E-state index in [-0.39, 0.29) is 0 Å². The van der Waals surface area contributed by atoms with Crippen LogP contribution >= 0.6 is 11.3 Å². The smallest absolute Gasteiger partial charge is 0.241 e. The fourth-order valence-corrected chi connectivity index (χ4v) is 3.25. The molecule has 4 rings (SSSR count). The molecule has 0 saturated heterocycles. The summed E-state index contributed by atoms with van der Waals surface area (Å²) in [6.45, 7) is 2.55. The maximum atomic E-state index is 5.63. The highest BCUT2D eigenvalue weighted by Crippen LogP contribution is 2.31. The van der Waals surface area contributed by atoms with Crippen LogP contribution < -0.4 is 9.47 Å². The maximum Gasteiger partial charge on any atom is 0.241 e. The van der Waals surface area contributed by atoms with Crippen molar-refractivity contribution in [3.05, 3.63) is 46.5 Å². The van der Waals surface area contributed by atoms with Crippen LogP contribution in [0.3, 0.4) is 0 Å². The molecule has 6 nitrogen and oxygen atoms in total. The normalized spacial score (nSPS) is 13.4. The molecule has 0 saturated carbocycles. The molecule has 1 aliphatic heterocycles. The SMILES string of the molecule is CN(Cc1ccc2c(c1)OCCO2)Cc1nc(-c2ccsc2)no1. The first-order valence-electron chi connectivity index (χ1n) is 7.70. The molecule has 2 aromatic heterocycles. The van der Waals surface area contributed by atoms with Crippen molar-refractivity contribution in [1.29, 1.82) is 0 Å². The number of thiophene rings is 1. The Hall–Kier alpha value is -2.38. The number of rotatable bonds is 5. The van der Waals surface area contributed by atoms with E-state index < -0.39 is 0 Å². The van der Waals surface area contributed by atoms with E-state index in [1.165, 1.54) is 0 Å². The molecule has 0 aliphatic carbocycles. The molecule has 0 spiro atoms. The molecule has 0 fully saturated rings. The van der Waals surface area contributed by atoms with Gasteiger partial charge in [-0.15, -0.1) is 0 Å². The standard InChI is InChI=1S/C17H17N3O3S/c1-20(9-12-2-3-14-15(8-12)22-6-5-21-14)10-16-18-17(19-23-16)13-4-7-24-11-13/h2-4,7-8,11H,5-6,9-10H2,1H3. The van der Waals surface area contributed by atoms with Crippen LogP contribution in [0.2, 0.25) is 0 Å². The summed E-state index contributed by atoms with van der Waals surface area (Å²) in [7, 11) is 2.02. The van der Waals surface area contributed by atoms with E-state index in [2.05, 4.69) is 21.1 Å². The van der Waals surface area contributed by atoms with Crippen LogP contribution in [-0.4, -0.2) is 35.3 Å². The number of hydrogen-bond acceptors (Lipinski definition) is 7. The molecule has 1 aromatic carbocycles. The van der Waals surface area contributed by atoms with Crippen LogP contribution in [0.25, 0.3) is 11.4 Å². The summed E-state index contributed by atoms with van der Waals surface area (Å²) < 4.78 is 16.5. The molecule has 0 atom stereocenters. The van der Waals surface area contributed by atoms with Crippen molar-refractivity contribution in [2.24, 2.45) is 0 Å². The van der Waals surface area contributed by atoms with Crippen molar-refractivity contribution in [2.75, 3.05) is 20.3 Å². The molecule has 0 unspecified atom stereocenters. The van der Waals surface area contributed by atoms with Crippen molar-refractivity contribution >= 4 is 11.3 Å². The number of aromatic nitrogens is 2. The highest BCUT2D eigenvalue weighted by molar-refractivity contribution is 7.08. The number of fused-ring (bicyclic) bond motifs is 1. The van der Waals surface area contributed by atoms with E-state index in [4.69, 9.17) is 14.0 Å². The van der Waals surface area contributed by atoms with Crippen LogP contribution in [0.5, 0.6) is 11.5 Å². The molecule has 3 aromatic rings. The number of nitrogens with zero attached hydrogens (tertiary/aromatic N) is 3. The van der Waals surface area contributed by atoms with E-state index >= 15 is 0 Å². The van der Waals surface area contributed by atoms with Crippen molar-refractivity contribution in [1.82, 2.24) is 15.0 Å². The summed E-state index contributed by atoms with van der Waals surface area (Å²) in [4.78, 5) is 6.57. The van der Waals surface area contributed by atoms with Crippen LogP contribution in [0.1, 0.15) is 11.5 Å². The number of hydrogen-bond donors (Lipinski definition) is 0. The molecule has 7 heteroatoms. The summed E-state index contributed by atoms with van der Waals surface area (Å²) in [5.74, 6) is 2.87. The molecule has 24 heavy (non-hydrogen) atoms. The predicted octanol–water partition coefficient (Wildman–Crippen LogP) is 3.20. The quantitative estimate of drug-likeness (QED) is 0.709. The zero-order valence-electron chi connectivity index (χ0n) is 13.3. The first-order chi connectivity index (χ1) is 11.8. The lowest BCUT2D eigenvalue weighted by atomic mass is 10.2. The van der Waals surface area contributed by atoms with Crippen LogP contribution in [0, 0.1) is 0 Å². The lowest BCUT2D eigenvalue weighted by molar-refractivity contribution is 0.171. The molecule has 1 aliphatic rings. The maximum absolute atomic E-state index is 5.63. The van der Waals surface area contributed by atoms with E-state index in [1.54, 1.807) is 11.3 Å². The Kier molecular flexibility index (Phi) is 4.18. The zero-order chi connectivity index (χ0) is 16.4. The topological polar surface area (TPSA) is 60.6 Å². The third-order valence-electron chi connectivity index (χ3n) is 3.71. The van der Waals surface area contributed by atoms with Gasteiger partial charge in [0.2, 0.25) is 11.7 Å². The second kappa shape index (κ2) is 6.62. The van der Waals surface area contributed by atoms with Gasteiger partial charge >= 0.3 is 0 Å². The van der Waals surface area contributed by atoms with Crippen LogP contribution in [0.15, 0.2) is 39.5 Å². The Morgan fingerprint density at radius 3 is 2.83 bits per heavy atom. The van der Waals surface area contributed by atoms with E-state index in [9.17, 15) is 0 Å². The second-order valence-electron chi connectivity index (χ2n) is 5.67. The van der Waals surface area contributed by atoms with Crippen LogP contribution in [-0.2, 0) is 13.1 Å². The number of ether oxygens (including phenoxy) is 2. The van der Waals surface area contributed by atoms with Crippen LogP contribution in [0.4, 0.5) is 0 Å². The minimum Gasteiger partial charge on any atom is -0.486 e. The largest absolute Gasteiger partial charge is 0.486 e. The summed E-state index contributed by atoms with van der Waals surface area (Å²) in [5, 5.41) is 8.04. The van der Waals surface area contributed by atoms with Gasteiger partial charge in [-0.3, -0.25) is 4.90 Å². The monoisotopic (exact) mass is 343 g/mol. The first kappa shape index (κ1) is 15.2. The molecule has 124 valence electrons. The fourth-order valence-electron chi connectivity index (χ4n) is 2.61. The van der Waals surface area contributed by atoms with E-state index in [0.717, 1.165) is 29.2 Å².